The van der Waals surface area contributed by atoms with Crippen molar-refractivity contribution in [3.05, 3.63) is 36.2 Å². The Morgan fingerprint density at radius 1 is 1.11 bits per heavy atom. The Labute approximate surface area is 162 Å². The Bertz CT molecular complexity index is 856. The number of hydrogen-bond donors (Lipinski definition) is 2. The molecule has 3 rings (SSSR count). The van der Waals surface area contributed by atoms with Crippen molar-refractivity contribution in [1.29, 1.82) is 0 Å². The van der Waals surface area contributed by atoms with Gasteiger partial charge in [-0.25, -0.2) is 4.68 Å². The van der Waals surface area contributed by atoms with Crippen LogP contribution < -0.4 is 10.9 Å². The molecule has 10 nitrogen and oxygen atoms in total. The van der Waals surface area contributed by atoms with Gasteiger partial charge in [0.2, 0.25) is 5.91 Å². The maximum atomic E-state index is 12.5. The van der Waals surface area contributed by atoms with Gasteiger partial charge in [0.15, 0.2) is 0 Å². The number of tetrazole rings is 1. The van der Waals surface area contributed by atoms with Gasteiger partial charge in [0.1, 0.15) is 12.4 Å². The fourth-order valence-electron chi connectivity index (χ4n) is 3.03. The van der Waals surface area contributed by atoms with Gasteiger partial charge in [-0.05, 0) is 47.5 Å². The highest BCUT2D eigenvalue weighted by molar-refractivity contribution is 5.96. The first-order valence-corrected chi connectivity index (χ1v) is 9.02. The summed E-state index contributed by atoms with van der Waals surface area (Å²) >= 11 is 0. The first-order valence-electron chi connectivity index (χ1n) is 9.02. The van der Waals surface area contributed by atoms with Crippen LogP contribution in [0.2, 0.25) is 0 Å². The molecule has 1 aromatic heterocycles. The Kier molecular flexibility index (Phi) is 5.39. The molecule has 2 heterocycles. The first kappa shape index (κ1) is 19.5. The van der Waals surface area contributed by atoms with E-state index in [9.17, 15) is 14.4 Å². The molecule has 0 aliphatic carbocycles. The number of benzene rings is 1. The number of carbonyl (C=O) groups excluding carboxylic acids is 3. The van der Waals surface area contributed by atoms with Crippen LogP contribution in [0.1, 0.15) is 44.0 Å². The summed E-state index contributed by atoms with van der Waals surface area (Å²) in [4.78, 5) is 38.9. The molecule has 1 saturated heterocycles. The van der Waals surface area contributed by atoms with Gasteiger partial charge in [-0.3, -0.25) is 25.2 Å². The van der Waals surface area contributed by atoms with Crippen LogP contribution >= 0.6 is 0 Å². The minimum atomic E-state index is -0.575. The maximum Gasteiger partial charge on any atom is 0.269 e. The lowest BCUT2D eigenvalue weighted by Gasteiger charge is -2.30. The molecule has 0 saturated carbocycles. The zero-order valence-electron chi connectivity index (χ0n) is 16.0. The molecule has 2 aromatic rings. The van der Waals surface area contributed by atoms with Crippen LogP contribution in [-0.2, 0) is 9.59 Å². The van der Waals surface area contributed by atoms with Crippen LogP contribution in [0.25, 0.3) is 5.69 Å². The number of rotatable bonds is 3. The molecule has 0 spiro atoms. The zero-order chi connectivity index (χ0) is 20.3. The Morgan fingerprint density at radius 3 is 2.43 bits per heavy atom. The molecule has 3 amide bonds. The van der Waals surface area contributed by atoms with Crippen LogP contribution in [0.15, 0.2) is 30.6 Å². The molecule has 1 aromatic carbocycles. The monoisotopic (exact) mass is 385 g/mol. The number of hydrogen-bond acceptors (Lipinski definition) is 6. The highest BCUT2D eigenvalue weighted by Crippen LogP contribution is 2.25. The largest absolute Gasteiger partial charge is 0.330 e. The first-order chi connectivity index (χ1) is 13.3. The van der Waals surface area contributed by atoms with E-state index in [1.54, 1.807) is 29.2 Å². The average Bonchev–Trinajstić information content (AvgIpc) is 3.36. The second-order valence-electron chi connectivity index (χ2n) is 7.65. The van der Waals surface area contributed by atoms with E-state index < -0.39 is 23.3 Å². The van der Waals surface area contributed by atoms with E-state index in [1.165, 1.54) is 11.0 Å². The van der Waals surface area contributed by atoms with Crippen molar-refractivity contribution in [3.63, 3.8) is 0 Å². The molecule has 148 valence electrons. The van der Waals surface area contributed by atoms with E-state index in [1.807, 2.05) is 20.8 Å². The van der Waals surface area contributed by atoms with Crippen molar-refractivity contribution >= 4 is 17.7 Å². The number of aromatic nitrogens is 4. The summed E-state index contributed by atoms with van der Waals surface area (Å²) in [6.45, 7) is 6.01. The van der Waals surface area contributed by atoms with Gasteiger partial charge in [0.25, 0.3) is 11.8 Å². The summed E-state index contributed by atoms with van der Waals surface area (Å²) in [5.41, 5.74) is 5.34. The second kappa shape index (κ2) is 7.75. The zero-order valence-corrected chi connectivity index (χ0v) is 16.0. The van der Waals surface area contributed by atoms with Crippen molar-refractivity contribution in [2.75, 3.05) is 6.54 Å². The molecular weight excluding hydrogens is 362 g/mol. The summed E-state index contributed by atoms with van der Waals surface area (Å²) in [5, 5.41) is 10.9. The number of hydrazine groups is 1. The minimum absolute atomic E-state index is 0.0744. The van der Waals surface area contributed by atoms with Crippen LogP contribution in [0.4, 0.5) is 0 Å². The molecular formula is C18H23N7O3. The third-order valence-electron chi connectivity index (χ3n) is 4.50. The lowest BCUT2D eigenvalue weighted by Crippen LogP contribution is -2.53. The highest BCUT2D eigenvalue weighted by atomic mass is 16.2. The molecule has 28 heavy (non-hydrogen) atoms. The van der Waals surface area contributed by atoms with Crippen molar-refractivity contribution in [3.8, 4) is 5.69 Å². The van der Waals surface area contributed by atoms with Crippen molar-refractivity contribution in [2.24, 2.45) is 5.41 Å². The Balaban J connectivity index is 1.58. The summed E-state index contributed by atoms with van der Waals surface area (Å²) in [6.07, 6.45) is 2.78. The van der Waals surface area contributed by atoms with Crippen LogP contribution in [0.5, 0.6) is 0 Å². The smallest absolute Gasteiger partial charge is 0.269 e. The molecule has 0 radical (unpaired) electrons. The number of nitrogens with one attached hydrogen (secondary N) is 2. The van der Waals surface area contributed by atoms with E-state index in [0.717, 1.165) is 6.42 Å². The van der Waals surface area contributed by atoms with Gasteiger partial charge in [0.05, 0.1) is 5.69 Å². The maximum absolute atomic E-state index is 12.5. The lowest BCUT2D eigenvalue weighted by atomic mass is 9.94. The average molecular weight is 385 g/mol. The van der Waals surface area contributed by atoms with Gasteiger partial charge >= 0.3 is 0 Å². The summed E-state index contributed by atoms with van der Waals surface area (Å²) in [6, 6.07) is 6.00. The molecule has 1 unspecified atom stereocenters. The Morgan fingerprint density at radius 2 is 1.82 bits per heavy atom. The van der Waals surface area contributed by atoms with E-state index in [-0.39, 0.29) is 5.91 Å². The van der Waals surface area contributed by atoms with Gasteiger partial charge < -0.3 is 4.90 Å². The van der Waals surface area contributed by atoms with E-state index in [4.69, 9.17) is 0 Å². The Hall–Kier alpha value is -3.30. The van der Waals surface area contributed by atoms with Gasteiger partial charge in [-0.15, -0.1) is 5.10 Å². The van der Waals surface area contributed by atoms with Crippen LogP contribution in [-0.4, -0.2) is 55.4 Å². The standard InChI is InChI=1S/C18H23N7O3/c1-18(2,3)17(28)24-10-4-5-14(24)16(27)21-20-15(26)12-6-8-13(9-7-12)25-11-19-22-23-25/h6-9,11,14H,4-5,10H2,1-3H3,(H,20,26)(H,21,27). The SMILES string of the molecule is CC(C)(C)C(=O)N1CCCC1C(=O)NNC(=O)c1ccc(-n2cnnn2)cc1. The molecule has 1 atom stereocenters. The predicted octanol–water partition coefficient (Wildman–Crippen LogP) is 0.460. The summed E-state index contributed by atoms with van der Waals surface area (Å²) in [5.74, 6) is -0.924. The molecule has 1 fully saturated rings. The number of amides is 3. The van der Waals surface area contributed by atoms with E-state index in [0.29, 0.717) is 24.2 Å². The van der Waals surface area contributed by atoms with E-state index in [2.05, 4.69) is 26.4 Å². The topological polar surface area (TPSA) is 122 Å². The molecule has 2 N–H and O–H groups in total. The fourth-order valence-corrected chi connectivity index (χ4v) is 3.03. The summed E-state index contributed by atoms with van der Waals surface area (Å²) < 4.78 is 1.46. The molecule has 10 heteroatoms. The third-order valence-corrected chi connectivity index (χ3v) is 4.50. The minimum Gasteiger partial charge on any atom is -0.330 e. The normalized spacial score (nSPS) is 16.7. The van der Waals surface area contributed by atoms with Gasteiger partial charge in [-0.1, -0.05) is 20.8 Å². The molecule has 1 aliphatic rings. The number of carbonyl (C=O) groups is 3. The summed E-state index contributed by atoms with van der Waals surface area (Å²) in [7, 11) is 0. The molecule has 0 bridgehead atoms. The number of nitrogens with zero attached hydrogens (tertiary/aromatic N) is 5. The lowest BCUT2D eigenvalue weighted by molar-refractivity contribution is -0.144. The van der Waals surface area contributed by atoms with Crippen molar-refractivity contribution < 1.29 is 14.4 Å². The van der Waals surface area contributed by atoms with Gasteiger partial charge in [-0.2, -0.15) is 0 Å². The van der Waals surface area contributed by atoms with Crippen LogP contribution in [0, 0.1) is 5.41 Å². The van der Waals surface area contributed by atoms with Gasteiger partial charge in [0, 0.05) is 17.5 Å². The highest BCUT2D eigenvalue weighted by Gasteiger charge is 2.38. The van der Waals surface area contributed by atoms with E-state index >= 15 is 0 Å². The number of likely N-dealkylation sites (tertiary alicyclic amines) is 1. The predicted molar refractivity (Wildman–Crippen MR) is 99.0 cm³/mol. The quantitative estimate of drug-likeness (QED) is 0.740. The van der Waals surface area contributed by atoms with Crippen LogP contribution in [0.3, 0.4) is 0 Å². The fraction of sp³-hybridized carbons (Fsp3) is 0.444. The van der Waals surface area contributed by atoms with Crippen molar-refractivity contribution in [2.45, 2.75) is 39.7 Å². The second-order valence-corrected chi connectivity index (χ2v) is 7.65. The molecule has 1 aliphatic heterocycles. The van der Waals surface area contributed by atoms with Crippen molar-refractivity contribution in [1.82, 2.24) is 36.0 Å². The third kappa shape index (κ3) is 4.16.